The lowest BCUT2D eigenvalue weighted by molar-refractivity contribution is -0.132. The molecule has 1 aliphatic rings. The first-order valence-corrected chi connectivity index (χ1v) is 6.06. The molecule has 2 rings (SSSR count). The van der Waals surface area contributed by atoms with Crippen LogP contribution in [0.2, 0.25) is 0 Å². The van der Waals surface area contributed by atoms with Gasteiger partial charge in [0, 0.05) is 18.4 Å². The largest absolute Gasteiger partial charge is 0.335 e. The van der Waals surface area contributed by atoms with Gasteiger partial charge in [-0.15, -0.1) is 0 Å². The molecule has 0 aliphatic carbocycles. The molecule has 1 amide bonds. The molecular weight excluding hydrogens is 217 g/mol. The Labute approximate surface area is 101 Å². The number of halogens is 1. The lowest BCUT2D eigenvalue weighted by Crippen LogP contribution is -2.29. The highest BCUT2D eigenvalue weighted by molar-refractivity contribution is 5.81. The van der Waals surface area contributed by atoms with Crippen LogP contribution in [0.5, 0.6) is 0 Å². The van der Waals surface area contributed by atoms with Gasteiger partial charge >= 0.3 is 0 Å². The van der Waals surface area contributed by atoms with Crippen LogP contribution in [0.25, 0.3) is 0 Å². The zero-order chi connectivity index (χ0) is 12.4. The summed E-state index contributed by atoms with van der Waals surface area (Å²) in [4.78, 5) is 13.8. The maximum Gasteiger partial charge on any atom is 0.226 e. The Hall–Kier alpha value is -1.38. The van der Waals surface area contributed by atoms with Gasteiger partial charge < -0.3 is 4.90 Å². The van der Waals surface area contributed by atoms with E-state index in [2.05, 4.69) is 0 Å². The molecule has 0 aromatic heterocycles. The predicted octanol–water partition coefficient (Wildman–Crippen LogP) is 2.81. The van der Waals surface area contributed by atoms with Crippen molar-refractivity contribution in [2.45, 2.75) is 19.9 Å². The number of carbonyl (C=O) groups is 1. The van der Waals surface area contributed by atoms with E-state index in [4.69, 9.17) is 0 Å². The number of hydrogen-bond donors (Lipinski definition) is 0. The fourth-order valence-electron chi connectivity index (χ4n) is 2.41. The fraction of sp³-hybridized carbons (Fsp3) is 0.500. The van der Waals surface area contributed by atoms with Crippen molar-refractivity contribution in [1.82, 2.24) is 4.90 Å². The summed E-state index contributed by atoms with van der Waals surface area (Å²) < 4.78 is 12.8. The van der Waals surface area contributed by atoms with Gasteiger partial charge in [0.25, 0.3) is 0 Å². The third-order valence-electron chi connectivity index (χ3n) is 3.76. The molecule has 0 spiro atoms. The van der Waals surface area contributed by atoms with Crippen molar-refractivity contribution in [2.75, 3.05) is 13.2 Å². The molecule has 1 aromatic carbocycles. The van der Waals surface area contributed by atoms with E-state index in [0.29, 0.717) is 6.54 Å². The minimum atomic E-state index is -0.412. The smallest absolute Gasteiger partial charge is 0.226 e. The molecule has 0 bridgehead atoms. The van der Waals surface area contributed by atoms with E-state index in [-0.39, 0.29) is 23.8 Å². The van der Waals surface area contributed by atoms with Gasteiger partial charge in [-0.05, 0) is 12.5 Å². The fourth-order valence-corrected chi connectivity index (χ4v) is 2.41. The number of nitrogens with zero attached hydrogens (tertiary/aromatic N) is 1. The molecule has 1 unspecified atom stereocenters. The van der Waals surface area contributed by atoms with Gasteiger partial charge in [0.2, 0.25) is 5.91 Å². The van der Waals surface area contributed by atoms with E-state index in [9.17, 15) is 9.18 Å². The van der Waals surface area contributed by atoms with Crippen LogP contribution in [0.15, 0.2) is 30.3 Å². The van der Waals surface area contributed by atoms with Gasteiger partial charge in [0.05, 0.1) is 12.7 Å². The lowest BCUT2D eigenvalue weighted by Gasteiger charge is -2.25. The van der Waals surface area contributed by atoms with Crippen molar-refractivity contribution in [3.8, 4) is 0 Å². The number of hydrogen-bond acceptors (Lipinski definition) is 1. The highest BCUT2D eigenvalue weighted by Crippen LogP contribution is 2.32. The standard InChI is InChI=1S/C14H18FNO/c1-10-13(8-15)9-16(14(10)17)11(2)12-6-4-3-5-7-12/h3-7,10-11,13H,8-9H2,1-2H3/t10-,11+,13?/m0/s1. The maximum atomic E-state index is 12.8. The molecule has 0 saturated carbocycles. The van der Waals surface area contributed by atoms with Crippen molar-refractivity contribution < 1.29 is 9.18 Å². The summed E-state index contributed by atoms with van der Waals surface area (Å²) in [6.45, 7) is 3.95. The number of rotatable bonds is 3. The Balaban J connectivity index is 2.16. The number of amides is 1. The second-order valence-electron chi connectivity index (χ2n) is 4.78. The second kappa shape index (κ2) is 4.86. The van der Waals surface area contributed by atoms with E-state index in [1.54, 1.807) is 4.90 Å². The van der Waals surface area contributed by atoms with Crippen LogP contribution >= 0.6 is 0 Å². The average Bonchev–Trinajstić information content (AvgIpc) is 2.66. The summed E-state index contributed by atoms with van der Waals surface area (Å²) in [5.41, 5.74) is 1.10. The van der Waals surface area contributed by atoms with E-state index in [0.717, 1.165) is 5.56 Å². The minimum absolute atomic E-state index is 0.0303. The Kier molecular flexibility index (Phi) is 3.46. The second-order valence-corrected chi connectivity index (χ2v) is 4.78. The van der Waals surface area contributed by atoms with Crippen molar-refractivity contribution >= 4 is 5.91 Å². The van der Waals surface area contributed by atoms with Gasteiger partial charge in [-0.1, -0.05) is 37.3 Å². The Bertz CT molecular complexity index is 392. The van der Waals surface area contributed by atoms with Crippen LogP contribution in [-0.2, 0) is 4.79 Å². The Morgan fingerprint density at radius 2 is 2.06 bits per heavy atom. The van der Waals surface area contributed by atoms with Gasteiger partial charge in [-0.2, -0.15) is 0 Å². The molecule has 1 heterocycles. The predicted molar refractivity (Wildman–Crippen MR) is 65.2 cm³/mol. The zero-order valence-corrected chi connectivity index (χ0v) is 10.3. The molecule has 0 N–H and O–H groups in total. The van der Waals surface area contributed by atoms with Gasteiger partial charge in [0.1, 0.15) is 0 Å². The normalized spacial score (nSPS) is 26.3. The number of likely N-dealkylation sites (tertiary alicyclic amines) is 1. The molecule has 1 aromatic rings. The Morgan fingerprint density at radius 3 is 2.59 bits per heavy atom. The molecule has 1 saturated heterocycles. The van der Waals surface area contributed by atoms with Gasteiger partial charge in [-0.3, -0.25) is 9.18 Å². The highest BCUT2D eigenvalue weighted by atomic mass is 19.1. The van der Waals surface area contributed by atoms with Gasteiger partial charge in [-0.25, -0.2) is 0 Å². The quantitative estimate of drug-likeness (QED) is 0.789. The summed E-state index contributed by atoms with van der Waals surface area (Å²) in [6, 6.07) is 9.92. The van der Waals surface area contributed by atoms with Crippen LogP contribution in [0.1, 0.15) is 25.5 Å². The van der Waals surface area contributed by atoms with E-state index < -0.39 is 6.67 Å². The first-order valence-electron chi connectivity index (χ1n) is 6.06. The molecule has 17 heavy (non-hydrogen) atoms. The third kappa shape index (κ3) is 2.19. The van der Waals surface area contributed by atoms with Crippen LogP contribution in [0.4, 0.5) is 4.39 Å². The Morgan fingerprint density at radius 1 is 1.41 bits per heavy atom. The third-order valence-corrected chi connectivity index (χ3v) is 3.76. The molecule has 3 heteroatoms. The monoisotopic (exact) mass is 235 g/mol. The van der Waals surface area contributed by atoms with Crippen LogP contribution in [0.3, 0.4) is 0 Å². The van der Waals surface area contributed by atoms with Crippen molar-refractivity contribution in [1.29, 1.82) is 0 Å². The summed E-state index contributed by atoms with van der Waals surface area (Å²) in [7, 11) is 0. The number of benzene rings is 1. The summed E-state index contributed by atoms with van der Waals surface area (Å²) in [5.74, 6) is -0.260. The van der Waals surface area contributed by atoms with Crippen LogP contribution in [0, 0.1) is 11.8 Å². The summed E-state index contributed by atoms with van der Waals surface area (Å²) in [5, 5.41) is 0. The SMILES string of the molecule is C[C@@H]1C(=O)N([C@H](C)c2ccccc2)CC1CF. The topological polar surface area (TPSA) is 20.3 Å². The molecule has 2 nitrogen and oxygen atoms in total. The summed E-state index contributed by atoms with van der Waals surface area (Å²) in [6.07, 6.45) is 0. The average molecular weight is 235 g/mol. The maximum absolute atomic E-state index is 12.8. The summed E-state index contributed by atoms with van der Waals surface area (Å²) >= 11 is 0. The minimum Gasteiger partial charge on any atom is -0.335 e. The molecule has 1 fully saturated rings. The molecule has 1 aliphatic heterocycles. The zero-order valence-electron chi connectivity index (χ0n) is 10.3. The molecule has 0 radical (unpaired) electrons. The van der Waals surface area contributed by atoms with Crippen LogP contribution < -0.4 is 0 Å². The van der Waals surface area contributed by atoms with E-state index in [1.807, 2.05) is 44.2 Å². The van der Waals surface area contributed by atoms with Crippen molar-refractivity contribution in [3.63, 3.8) is 0 Å². The first kappa shape index (κ1) is 12.1. The van der Waals surface area contributed by atoms with Crippen molar-refractivity contribution in [2.24, 2.45) is 11.8 Å². The number of carbonyl (C=O) groups excluding carboxylic acids is 1. The van der Waals surface area contributed by atoms with Gasteiger partial charge in [0.15, 0.2) is 0 Å². The van der Waals surface area contributed by atoms with E-state index >= 15 is 0 Å². The highest BCUT2D eigenvalue weighted by Gasteiger charge is 2.39. The number of alkyl halides is 1. The van der Waals surface area contributed by atoms with Crippen molar-refractivity contribution in [3.05, 3.63) is 35.9 Å². The molecule has 3 atom stereocenters. The molecular formula is C14H18FNO. The first-order chi connectivity index (χ1) is 8.15. The molecule has 92 valence electrons. The van der Waals surface area contributed by atoms with Crippen LogP contribution in [-0.4, -0.2) is 24.0 Å². The van der Waals surface area contributed by atoms with E-state index in [1.165, 1.54) is 0 Å². The lowest BCUT2D eigenvalue weighted by atomic mass is 10.00.